The molecule has 0 atom stereocenters. The molecule has 0 aliphatic carbocycles. The molecule has 102 valence electrons. The molecule has 0 unspecified atom stereocenters. The molecule has 0 amide bonds. The van der Waals surface area contributed by atoms with E-state index in [0.29, 0.717) is 5.52 Å². The maximum absolute atomic E-state index is 13.7. The molecule has 1 N–H and O–H groups in total. The third-order valence-corrected chi connectivity index (χ3v) is 3.35. The lowest BCUT2D eigenvalue weighted by Gasteiger charge is -2.00. The molecule has 0 fully saturated rings. The Morgan fingerprint density at radius 1 is 1.00 bits per heavy atom. The predicted molar refractivity (Wildman–Crippen MR) is 69.2 cm³/mol. The summed E-state index contributed by atoms with van der Waals surface area (Å²) in [6.07, 6.45) is 0. The van der Waals surface area contributed by atoms with Crippen LogP contribution in [0.2, 0.25) is 10.2 Å². The number of H-pyrrole nitrogens is 1. The third-order valence-electron chi connectivity index (χ3n) is 2.67. The number of benzene rings is 1. The van der Waals surface area contributed by atoms with E-state index >= 15 is 0 Å². The second kappa shape index (κ2) is 4.64. The van der Waals surface area contributed by atoms with Crippen LogP contribution in [0.1, 0.15) is 0 Å². The lowest BCUT2D eigenvalue weighted by molar-refractivity contribution is 0.448. The zero-order valence-corrected chi connectivity index (χ0v) is 11.0. The fourth-order valence-electron chi connectivity index (χ4n) is 1.73. The van der Waals surface area contributed by atoms with Gasteiger partial charge in [-0.15, -0.1) is 0 Å². The number of halogens is 5. The maximum Gasteiger partial charge on any atom is 0.195 e. The first-order valence-electron chi connectivity index (χ1n) is 5.33. The van der Waals surface area contributed by atoms with Gasteiger partial charge < -0.3 is 4.98 Å². The van der Waals surface area contributed by atoms with E-state index in [-0.39, 0.29) is 27.2 Å². The number of nitrogens with zero attached hydrogens (tertiary/aromatic N) is 2. The van der Waals surface area contributed by atoms with Crippen LogP contribution < -0.4 is 0 Å². The van der Waals surface area contributed by atoms with Crippen LogP contribution in [-0.4, -0.2) is 15.0 Å². The standard InChI is InChI=1S/C12H4Cl2F3N3/c13-5-3-7-12(19-10(5)14)20-11(18-7)4-1-2-6(15)9(17)8(4)16/h1-3H,(H,18,19,20). The van der Waals surface area contributed by atoms with Crippen molar-refractivity contribution in [2.75, 3.05) is 0 Å². The number of aromatic amines is 1. The second-order valence-electron chi connectivity index (χ2n) is 3.94. The van der Waals surface area contributed by atoms with Crippen molar-refractivity contribution in [1.82, 2.24) is 15.0 Å². The largest absolute Gasteiger partial charge is 0.336 e. The number of hydrogen-bond donors (Lipinski definition) is 1. The Morgan fingerprint density at radius 2 is 1.75 bits per heavy atom. The van der Waals surface area contributed by atoms with E-state index in [0.717, 1.165) is 12.1 Å². The Kier molecular flexibility index (Phi) is 3.07. The Morgan fingerprint density at radius 3 is 2.50 bits per heavy atom. The van der Waals surface area contributed by atoms with Crippen LogP contribution in [0.25, 0.3) is 22.6 Å². The molecular weight excluding hydrogens is 314 g/mol. The fourth-order valence-corrected chi connectivity index (χ4v) is 2.02. The molecule has 20 heavy (non-hydrogen) atoms. The van der Waals surface area contributed by atoms with Crippen molar-refractivity contribution in [3.63, 3.8) is 0 Å². The molecular formula is C12H4Cl2F3N3. The first-order valence-corrected chi connectivity index (χ1v) is 6.08. The van der Waals surface area contributed by atoms with Crippen molar-refractivity contribution in [3.8, 4) is 11.4 Å². The molecule has 0 radical (unpaired) electrons. The summed E-state index contributed by atoms with van der Waals surface area (Å²) in [5, 5.41) is 0.239. The molecule has 2 heterocycles. The molecule has 0 spiro atoms. The van der Waals surface area contributed by atoms with Crippen molar-refractivity contribution in [3.05, 3.63) is 45.8 Å². The van der Waals surface area contributed by atoms with Gasteiger partial charge in [-0.1, -0.05) is 23.2 Å². The molecule has 8 heteroatoms. The van der Waals surface area contributed by atoms with Crippen LogP contribution in [-0.2, 0) is 0 Å². The third kappa shape index (κ3) is 2.01. The lowest BCUT2D eigenvalue weighted by atomic mass is 10.2. The molecule has 0 aliphatic rings. The molecule has 3 aromatic rings. The van der Waals surface area contributed by atoms with Crippen LogP contribution in [0, 0.1) is 17.5 Å². The molecule has 2 aromatic heterocycles. The van der Waals surface area contributed by atoms with Crippen LogP contribution in [0.3, 0.4) is 0 Å². The van der Waals surface area contributed by atoms with Crippen LogP contribution >= 0.6 is 23.2 Å². The molecule has 3 rings (SSSR count). The number of aromatic nitrogens is 3. The topological polar surface area (TPSA) is 41.6 Å². The van der Waals surface area contributed by atoms with Crippen molar-refractivity contribution in [1.29, 1.82) is 0 Å². The number of hydrogen-bond acceptors (Lipinski definition) is 2. The summed E-state index contributed by atoms with van der Waals surface area (Å²) < 4.78 is 39.8. The van der Waals surface area contributed by atoms with Crippen molar-refractivity contribution in [2.45, 2.75) is 0 Å². The lowest BCUT2D eigenvalue weighted by Crippen LogP contribution is -1.94. The Labute approximate surface area is 120 Å². The smallest absolute Gasteiger partial charge is 0.195 e. The fraction of sp³-hybridized carbons (Fsp3) is 0. The van der Waals surface area contributed by atoms with Gasteiger partial charge >= 0.3 is 0 Å². The summed E-state index contributed by atoms with van der Waals surface area (Å²) in [6.45, 7) is 0. The molecule has 0 aliphatic heterocycles. The number of pyridine rings is 1. The van der Waals surface area contributed by atoms with E-state index < -0.39 is 17.5 Å². The summed E-state index contributed by atoms with van der Waals surface area (Å²) in [5.41, 5.74) is 0.381. The quantitative estimate of drug-likeness (QED) is 0.535. The van der Waals surface area contributed by atoms with Gasteiger partial charge in [0.15, 0.2) is 23.1 Å². The average Bonchev–Trinajstić information content (AvgIpc) is 2.79. The molecule has 0 saturated carbocycles. The van der Waals surface area contributed by atoms with E-state index in [4.69, 9.17) is 23.2 Å². The SMILES string of the molecule is Fc1ccc(-c2nc3nc(Cl)c(Cl)cc3[nH]2)c(F)c1F. The van der Waals surface area contributed by atoms with E-state index in [9.17, 15) is 13.2 Å². The Hall–Kier alpha value is -1.79. The zero-order chi connectivity index (χ0) is 14.4. The first kappa shape index (κ1) is 13.2. The average molecular weight is 318 g/mol. The van der Waals surface area contributed by atoms with Gasteiger partial charge in [-0.3, -0.25) is 0 Å². The van der Waals surface area contributed by atoms with Gasteiger partial charge in [-0.25, -0.2) is 23.1 Å². The van der Waals surface area contributed by atoms with Crippen LogP contribution in [0.4, 0.5) is 13.2 Å². The molecule has 0 bridgehead atoms. The highest BCUT2D eigenvalue weighted by molar-refractivity contribution is 6.41. The summed E-state index contributed by atoms with van der Waals surface area (Å²) in [6, 6.07) is 3.35. The normalized spacial score (nSPS) is 11.2. The predicted octanol–water partition coefficient (Wildman–Crippen LogP) is 4.35. The summed E-state index contributed by atoms with van der Waals surface area (Å²) in [4.78, 5) is 10.6. The van der Waals surface area contributed by atoms with E-state index in [1.54, 1.807) is 0 Å². The highest BCUT2D eigenvalue weighted by Crippen LogP contribution is 2.28. The van der Waals surface area contributed by atoms with Gasteiger partial charge in [0, 0.05) is 0 Å². The number of rotatable bonds is 1. The first-order chi connectivity index (χ1) is 9.47. The highest BCUT2D eigenvalue weighted by Gasteiger charge is 2.18. The zero-order valence-electron chi connectivity index (χ0n) is 9.52. The van der Waals surface area contributed by atoms with Gasteiger partial charge in [-0.2, -0.15) is 0 Å². The number of imidazole rings is 1. The molecule has 1 aromatic carbocycles. The van der Waals surface area contributed by atoms with Crippen molar-refractivity contribution < 1.29 is 13.2 Å². The Bertz CT molecular complexity index is 793. The second-order valence-corrected chi connectivity index (χ2v) is 4.71. The molecule has 0 saturated heterocycles. The molecule has 3 nitrogen and oxygen atoms in total. The van der Waals surface area contributed by atoms with Crippen molar-refractivity contribution >= 4 is 34.4 Å². The number of fused-ring (bicyclic) bond motifs is 1. The van der Waals surface area contributed by atoms with Crippen molar-refractivity contribution in [2.24, 2.45) is 0 Å². The van der Waals surface area contributed by atoms with Crippen LogP contribution in [0.5, 0.6) is 0 Å². The van der Waals surface area contributed by atoms with Gasteiger partial charge in [0.2, 0.25) is 0 Å². The van der Waals surface area contributed by atoms with E-state index in [1.807, 2.05) is 0 Å². The van der Waals surface area contributed by atoms with Gasteiger partial charge in [-0.05, 0) is 18.2 Å². The Balaban J connectivity index is 2.23. The number of nitrogens with one attached hydrogen (secondary N) is 1. The van der Waals surface area contributed by atoms with Crippen LogP contribution in [0.15, 0.2) is 18.2 Å². The minimum atomic E-state index is -1.56. The van der Waals surface area contributed by atoms with E-state index in [1.165, 1.54) is 6.07 Å². The van der Waals surface area contributed by atoms with Gasteiger partial charge in [0.1, 0.15) is 11.0 Å². The van der Waals surface area contributed by atoms with Gasteiger partial charge in [0.05, 0.1) is 16.1 Å². The van der Waals surface area contributed by atoms with E-state index in [2.05, 4.69) is 15.0 Å². The summed E-state index contributed by atoms with van der Waals surface area (Å²) >= 11 is 11.5. The van der Waals surface area contributed by atoms with Gasteiger partial charge in [0.25, 0.3) is 0 Å². The minimum Gasteiger partial charge on any atom is -0.336 e. The minimum absolute atomic E-state index is 0.00207. The monoisotopic (exact) mass is 317 g/mol. The maximum atomic E-state index is 13.7. The summed E-state index contributed by atoms with van der Waals surface area (Å²) in [7, 11) is 0. The summed E-state index contributed by atoms with van der Waals surface area (Å²) in [5.74, 6) is -4.16. The highest BCUT2D eigenvalue weighted by atomic mass is 35.5.